The van der Waals surface area contributed by atoms with Gasteiger partial charge in [0.15, 0.2) is 11.6 Å². The van der Waals surface area contributed by atoms with Crippen molar-refractivity contribution in [3.05, 3.63) is 83.4 Å². The second-order valence-corrected chi connectivity index (χ2v) is 8.88. The van der Waals surface area contributed by atoms with Crippen molar-refractivity contribution in [3.8, 4) is 0 Å². The maximum atomic E-state index is 13.0. The molecule has 0 fully saturated rings. The Morgan fingerprint density at radius 3 is 2.03 bits per heavy atom. The van der Waals surface area contributed by atoms with Crippen LogP contribution in [0.1, 0.15) is 16.7 Å². The van der Waals surface area contributed by atoms with Crippen LogP contribution < -0.4 is 10.0 Å². The number of rotatable bonds is 5. The number of hydrogen-bond donors (Lipinski definition) is 2. The van der Waals surface area contributed by atoms with Gasteiger partial charge in [0.25, 0.3) is 10.0 Å². The maximum Gasteiger partial charge on any atom is 0.263 e. The fourth-order valence-corrected chi connectivity index (χ4v) is 4.09. The average molecular weight is 419 g/mol. The predicted molar refractivity (Wildman–Crippen MR) is 121 cm³/mol. The highest BCUT2D eigenvalue weighted by Crippen LogP contribution is 2.29. The standard InChI is InChI=1S/C23H22N4O2S/c1-15-11-13-18(14-12-15)30(28,29)27-23-22(24-19-10-6-7-16(2)17(19)3)25-20-8-4-5-9-21(20)26-23/h4-14H,1-3H3,(H,24,25)(H,26,27). The molecule has 1 aromatic heterocycles. The van der Waals surface area contributed by atoms with Crippen LogP contribution >= 0.6 is 0 Å². The predicted octanol–water partition coefficient (Wildman–Crippen LogP) is 5.10. The SMILES string of the molecule is Cc1ccc(S(=O)(=O)Nc2nc3ccccc3nc2Nc2cccc(C)c2C)cc1. The summed E-state index contributed by atoms with van der Waals surface area (Å²) < 4.78 is 28.5. The molecule has 0 saturated carbocycles. The van der Waals surface area contributed by atoms with E-state index in [1.54, 1.807) is 30.3 Å². The van der Waals surface area contributed by atoms with Crippen molar-refractivity contribution in [2.24, 2.45) is 0 Å². The number of nitrogens with one attached hydrogen (secondary N) is 2. The van der Waals surface area contributed by atoms with Gasteiger partial charge in [0.05, 0.1) is 15.9 Å². The fraction of sp³-hybridized carbons (Fsp3) is 0.130. The van der Waals surface area contributed by atoms with Crippen LogP contribution in [0.2, 0.25) is 0 Å². The van der Waals surface area contributed by atoms with Crippen molar-refractivity contribution in [1.82, 2.24) is 9.97 Å². The minimum absolute atomic E-state index is 0.148. The Bertz CT molecular complexity index is 1330. The van der Waals surface area contributed by atoms with Crippen molar-refractivity contribution in [2.75, 3.05) is 10.0 Å². The highest BCUT2D eigenvalue weighted by molar-refractivity contribution is 7.92. The van der Waals surface area contributed by atoms with Gasteiger partial charge in [-0.3, -0.25) is 4.72 Å². The number of aryl methyl sites for hydroxylation is 2. The number of para-hydroxylation sites is 2. The Hall–Kier alpha value is -3.45. The molecule has 4 rings (SSSR count). The molecular weight excluding hydrogens is 396 g/mol. The molecule has 0 radical (unpaired) electrons. The zero-order chi connectivity index (χ0) is 21.3. The second-order valence-electron chi connectivity index (χ2n) is 7.20. The molecule has 7 heteroatoms. The zero-order valence-electron chi connectivity index (χ0n) is 17.0. The Kier molecular flexibility index (Phi) is 5.13. The summed E-state index contributed by atoms with van der Waals surface area (Å²) in [6.45, 7) is 5.93. The van der Waals surface area contributed by atoms with Gasteiger partial charge in [-0.2, -0.15) is 0 Å². The second kappa shape index (κ2) is 7.76. The van der Waals surface area contributed by atoms with Gasteiger partial charge in [-0.1, -0.05) is 42.0 Å². The van der Waals surface area contributed by atoms with E-state index in [0.717, 1.165) is 22.4 Å². The molecule has 0 aliphatic carbocycles. The molecule has 2 N–H and O–H groups in total. The van der Waals surface area contributed by atoms with E-state index >= 15 is 0 Å². The molecule has 0 amide bonds. The number of hydrogen-bond acceptors (Lipinski definition) is 5. The molecule has 3 aromatic carbocycles. The molecule has 30 heavy (non-hydrogen) atoms. The molecule has 0 atom stereocenters. The number of nitrogens with zero attached hydrogens (tertiary/aromatic N) is 2. The quantitative estimate of drug-likeness (QED) is 0.471. The van der Waals surface area contributed by atoms with Crippen LogP contribution in [0, 0.1) is 20.8 Å². The molecule has 0 saturated heterocycles. The van der Waals surface area contributed by atoms with E-state index in [0.29, 0.717) is 16.9 Å². The Morgan fingerprint density at radius 1 is 0.733 bits per heavy atom. The van der Waals surface area contributed by atoms with Crippen LogP contribution in [0.5, 0.6) is 0 Å². The lowest BCUT2D eigenvalue weighted by molar-refractivity contribution is 0.601. The first-order valence-electron chi connectivity index (χ1n) is 9.53. The van der Waals surface area contributed by atoms with E-state index < -0.39 is 10.0 Å². The third-order valence-corrected chi connectivity index (χ3v) is 6.35. The van der Waals surface area contributed by atoms with Gasteiger partial charge in [0.2, 0.25) is 0 Å². The van der Waals surface area contributed by atoms with Crippen molar-refractivity contribution in [3.63, 3.8) is 0 Å². The summed E-state index contributed by atoms with van der Waals surface area (Å²) in [6, 6.07) is 19.9. The van der Waals surface area contributed by atoms with E-state index in [4.69, 9.17) is 0 Å². The summed E-state index contributed by atoms with van der Waals surface area (Å²) in [5.74, 6) is 0.494. The lowest BCUT2D eigenvalue weighted by Crippen LogP contribution is -2.16. The molecule has 0 unspecified atom stereocenters. The number of anilines is 3. The first-order chi connectivity index (χ1) is 14.3. The molecule has 0 aliphatic rings. The van der Waals surface area contributed by atoms with Crippen LogP contribution in [0.3, 0.4) is 0 Å². The molecule has 4 aromatic rings. The van der Waals surface area contributed by atoms with E-state index in [2.05, 4.69) is 20.0 Å². The average Bonchev–Trinajstić information content (AvgIpc) is 2.72. The lowest BCUT2D eigenvalue weighted by Gasteiger charge is -2.16. The van der Waals surface area contributed by atoms with Crippen LogP contribution in [-0.2, 0) is 10.0 Å². The summed E-state index contributed by atoms with van der Waals surface area (Å²) in [4.78, 5) is 9.34. The summed E-state index contributed by atoms with van der Waals surface area (Å²) >= 11 is 0. The van der Waals surface area contributed by atoms with Crippen LogP contribution in [0.25, 0.3) is 11.0 Å². The summed E-state index contributed by atoms with van der Waals surface area (Å²) in [7, 11) is -3.82. The Labute approximate surface area is 176 Å². The summed E-state index contributed by atoms with van der Waals surface area (Å²) in [5.41, 5.74) is 5.27. The Morgan fingerprint density at radius 2 is 1.37 bits per heavy atom. The third kappa shape index (κ3) is 3.97. The topological polar surface area (TPSA) is 84.0 Å². The van der Waals surface area contributed by atoms with Gasteiger partial charge in [0.1, 0.15) is 0 Å². The number of sulfonamides is 1. The highest BCUT2D eigenvalue weighted by atomic mass is 32.2. The summed E-state index contributed by atoms with van der Waals surface area (Å²) in [6.07, 6.45) is 0. The van der Waals surface area contributed by atoms with E-state index in [9.17, 15) is 8.42 Å². The smallest absolute Gasteiger partial charge is 0.263 e. The zero-order valence-corrected chi connectivity index (χ0v) is 17.8. The number of aromatic nitrogens is 2. The number of fused-ring (bicyclic) bond motifs is 1. The van der Waals surface area contributed by atoms with Gasteiger partial charge < -0.3 is 5.32 Å². The first-order valence-corrected chi connectivity index (χ1v) is 11.0. The lowest BCUT2D eigenvalue weighted by atomic mass is 10.1. The van der Waals surface area contributed by atoms with Gasteiger partial charge in [-0.05, 0) is 62.2 Å². The van der Waals surface area contributed by atoms with E-state index in [1.807, 2.05) is 57.2 Å². The van der Waals surface area contributed by atoms with E-state index in [1.165, 1.54) is 0 Å². The largest absolute Gasteiger partial charge is 0.337 e. The number of benzene rings is 3. The molecule has 152 valence electrons. The van der Waals surface area contributed by atoms with Crippen molar-refractivity contribution >= 4 is 38.4 Å². The van der Waals surface area contributed by atoms with E-state index in [-0.39, 0.29) is 10.7 Å². The molecule has 0 bridgehead atoms. The van der Waals surface area contributed by atoms with Crippen molar-refractivity contribution < 1.29 is 8.42 Å². The monoisotopic (exact) mass is 418 g/mol. The van der Waals surface area contributed by atoms with Gasteiger partial charge >= 0.3 is 0 Å². The van der Waals surface area contributed by atoms with Crippen LogP contribution in [0.4, 0.5) is 17.3 Å². The normalized spacial score (nSPS) is 11.4. The maximum absolute atomic E-state index is 13.0. The molecule has 1 heterocycles. The molecule has 6 nitrogen and oxygen atoms in total. The van der Waals surface area contributed by atoms with Gasteiger partial charge in [0, 0.05) is 5.69 Å². The van der Waals surface area contributed by atoms with Crippen LogP contribution in [-0.4, -0.2) is 18.4 Å². The molecular formula is C23H22N4O2S. The Balaban J connectivity index is 1.80. The summed E-state index contributed by atoms with van der Waals surface area (Å²) in [5, 5.41) is 3.26. The van der Waals surface area contributed by atoms with Gasteiger partial charge in [-0.25, -0.2) is 18.4 Å². The first kappa shape index (κ1) is 19.8. The highest BCUT2D eigenvalue weighted by Gasteiger charge is 2.19. The van der Waals surface area contributed by atoms with Crippen molar-refractivity contribution in [2.45, 2.75) is 25.7 Å². The van der Waals surface area contributed by atoms with Crippen LogP contribution in [0.15, 0.2) is 71.6 Å². The minimum Gasteiger partial charge on any atom is -0.337 e. The minimum atomic E-state index is -3.82. The van der Waals surface area contributed by atoms with Gasteiger partial charge in [-0.15, -0.1) is 0 Å². The molecule has 0 aliphatic heterocycles. The molecule has 0 spiro atoms. The third-order valence-electron chi connectivity index (χ3n) is 4.99. The fourth-order valence-electron chi connectivity index (χ4n) is 3.08. The van der Waals surface area contributed by atoms with Crippen molar-refractivity contribution in [1.29, 1.82) is 0 Å².